The third kappa shape index (κ3) is 9.32. The Morgan fingerprint density at radius 2 is 1.20 bits per heavy atom. The summed E-state index contributed by atoms with van der Waals surface area (Å²) in [6, 6.07) is 19.2. The molecule has 2 aromatic rings. The molecule has 0 bridgehead atoms. The van der Waals surface area contributed by atoms with E-state index in [4.69, 9.17) is 15.9 Å². The molecule has 0 saturated carbocycles. The Labute approximate surface area is 207 Å². The van der Waals surface area contributed by atoms with Gasteiger partial charge < -0.3 is 24.6 Å². The van der Waals surface area contributed by atoms with Crippen LogP contribution in [-0.2, 0) is 22.7 Å². The molecular formula is C27H34N4O4. The third-order valence-electron chi connectivity index (χ3n) is 5.73. The number of terminal acetylenes is 1. The SMILES string of the molecule is C#CCN1CCN(C(=O)OCc2ccccc2)CCNCCN(C(=O)OCc2ccccc2)CC1. The lowest BCUT2D eigenvalue weighted by Crippen LogP contribution is -2.47. The molecule has 0 spiro atoms. The molecule has 0 aromatic heterocycles. The molecule has 35 heavy (non-hydrogen) atoms. The predicted molar refractivity (Wildman–Crippen MR) is 135 cm³/mol. The van der Waals surface area contributed by atoms with Crippen LogP contribution >= 0.6 is 0 Å². The zero-order valence-corrected chi connectivity index (χ0v) is 20.1. The summed E-state index contributed by atoms with van der Waals surface area (Å²) in [5.41, 5.74) is 1.89. The number of carbonyl (C=O) groups excluding carboxylic acids is 2. The van der Waals surface area contributed by atoms with Crippen LogP contribution in [0.4, 0.5) is 9.59 Å². The number of hydrogen-bond acceptors (Lipinski definition) is 6. The van der Waals surface area contributed by atoms with Crippen molar-refractivity contribution < 1.29 is 19.1 Å². The summed E-state index contributed by atoms with van der Waals surface area (Å²) in [4.78, 5) is 30.9. The number of amides is 2. The highest BCUT2D eigenvalue weighted by Gasteiger charge is 2.20. The van der Waals surface area contributed by atoms with Crippen LogP contribution in [0.2, 0.25) is 0 Å². The lowest BCUT2D eigenvalue weighted by atomic mass is 10.2. The predicted octanol–water partition coefficient (Wildman–Crippen LogP) is 2.80. The van der Waals surface area contributed by atoms with Crippen molar-refractivity contribution in [2.45, 2.75) is 13.2 Å². The highest BCUT2D eigenvalue weighted by Crippen LogP contribution is 2.06. The minimum Gasteiger partial charge on any atom is -0.445 e. The molecule has 1 aliphatic rings. The van der Waals surface area contributed by atoms with Gasteiger partial charge in [-0.1, -0.05) is 66.6 Å². The highest BCUT2D eigenvalue weighted by atomic mass is 16.6. The molecule has 2 aromatic carbocycles. The normalized spacial score (nSPS) is 15.9. The fourth-order valence-corrected chi connectivity index (χ4v) is 3.69. The van der Waals surface area contributed by atoms with E-state index in [1.165, 1.54) is 0 Å². The number of nitrogens with one attached hydrogen (secondary N) is 1. The van der Waals surface area contributed by atoms with Gasteiger partial charge in [0.1, 0.15) is 13.2 Å². The van der Waals surface area contributed by atoms with E-state index in [1.807, 2.05) is 60.7 Å². The van der Waals surface area contributed by atoms with E-state index in [1.54, 1.807) is 9.80 Å². The van der Waals surface area contributed by atoms with Crippen LogP contribution in [0.5, 0.6) is 0 Å². The van der Waals surface area contributed by atoms with Crippen LogP contribution in [-0.4, -0.2) is 85.8 Å². The molecule has 186 valence electrons. The fraction of sp³-hybridized carbons (Fsp3) is 0.407. The van der Waals surface area contributed by atoms with Crippen molar-refractivity contribution in [2.24, 2.45) is 0 Å². The van der Waals surface area contributed by atoms with Crippen molar-refractivity contribution in [2.75, 3.05) is 58.9 Å². The van der Waals surface area contributed by atoms with Crippen molar-refractivity contribution >= 4 is 12.2 Å². The topological polar surface area (TPSA) is 74.4 Å². The number of ether oxygens (including phenoxy) is 2. The van der Waals surface area contributed by atoms with E-state index in [-0.39, 0.29) is 25.4 Å². The summed E-state index contributed by atoms with van der Waals surface area (Å²) < 4.78 is 11.1. The van der Waals surface area contributed by atoms with Crippen LogP contribution in [0, 0.1) is 12.3 Å². The Morgan fingerprint density at radius 1 is 0.743 bits per heavy atom. The van der Waals surface area contributed by atoms with Crippen LogP contribution in [0.3, 0.4) is 0 Å². The van der Waals surface area contributed by atoms with E-state index < -0.39 is 0 Å². The van der Waals surface area contributed by atoms with E-state index in [0.717, 1.165) is 11.1 Å². The molecule has 0 unspecified atom stereocenters. The quantitative estimate of drug-likeness (QED) is 0.667. The lowest BCUT2D eigenvalue weighted by Gasteiger charge is -2.30. The summed E-state index contributed by atoms with van der Waals surface area (Å²) in [5.74, 6) is 2.68. The summed E-state index contributed by atoms with van der Waals surface area (Å²) in [6.45, 7) is 5.18. The summed E-state index contributed by atoms with van der Waals surface area (Å²) in [7, 11) is 0. The number of nitrogens with zero attached hydrogens (tertiary/aromatic N) is 3. The smallest absolute Gasteiger partial charge is 0.410 e. The first-order valence-corrected chi connectivity index (χ1v) is 11.9. The van der Waals surface area contributed by atoms with Gasteiger partial charge in [0.2, 0.25) is 0 Å². The summed E-state index contributed by atoms with van der Waals surface area (Å²) >= 11 is 0. The molecule has 1 N–H and O–H groups in total. The molecule has 1 saturated heterocycles. The van der Waals surface area contributed by atoms with Gasteiger partial charge in [0.25, 0.3) is 0 Å². The lowest BCUT2D eigenvalue weighted by molar-refractivity contribution is 0.0839. The standard InChI is InChI=1S/C27H34N4O4/c1-2-15-29-18-20-30(26(32)34-22-24-9-5-3-6-10-24)16-13-28-14-17-31(21-19-29)27(33)35-23-25-11-7-4-8-12-25/h1,3-12,28H,13-23H2. The van der Waals surface area contributed by atoms with E-state index in [0.29, 0.717) is 58.9 Å². The maximum Gasteiger partial charge on any atom is 0.410 e. The maximum atomic E-state index is 12.7. The van der Waals surface area contributed by atoms with Gasteiger partial charge in [0.05, 0.1) is 6.54 Å². The first-order chi connectivity index (χ1) is 17.2. The van der Waals surface area contributed by atoms with Gasteiger partial charge in [0, 0.05) is 52.4 Å². The van der Waals surface area contributed by atoms with Crippen molar-refractivity contribution in [1.29, 1.82) is 0 Å². The first kappa shape index (κ1) is 26.1. The Hall–Kier alpha value is -3.54. The minimum absolute atomic E-state index is 0.234. The van der Waals surface area contributed by atoms with Gasteiger partial charge >= 0.3 is 12.2 Å². The zero-order chi connectivity index (χ0) is 24.7. The van der Waals surface area contributed by atoms with Crippen LogP contribution in [0.15, 0.2) is 60.7 Å². The Bertz CT molecular complexity index is 879. The van der Waals surface area contributed by atoms with Crippen molar-refractivity contribution in [3.8, 4) is 12.3 Å². The average molecular weight is 479 g/mol. The summed E-state index contributed by atoms with van der Waals surface area (Å²) in [6.07, 6.45) is 4.88. The average Bonchev–Trinajstić information content (AvgIpc) is 2.89. The second kappa shape index (κ2) is 14.7. The van der Waals surface area contributed by atoms with Crippen molar-refractivity contribution in [3.05, 3.63) is 71.8 Å². The van der Waals surface area contributed by atoms with Crippen LogP contribution in [0.25, 0.3) is 0 Å². The van der Waals surface area contributed by atoms with Crippen molar-refractivity contribution in [1.82, 2.24) is 20.0 Å². The Balaban J connectivity index is 1.54. The van der Waals surface area contributed by atoms with E-state index in [2.05, 4.69) is 16.1 Å². The molecule has 0 radical (unpaired) electrons. The van der Waals surface area contributed by atoms with E-state index in [9.17, 15) is 9.59 Å². The van der Waals surface area contributed by atoms with Crippen LogP contribution < -0.4 is 5.32 Å². The molecule has 8 nitrogen and oxygen atoms in total. The van der Waals surface area contributed by atoms with E-state index >= 15 is 0 Å². The Kier molecular flexibility index (Phi) is 10.9. The molecule has 1 fully saturated rings. The monoisotopic (exact) mass is 478 g/mol. The summed E-state index contributed by atoms with van der Waals surface area (Å²) in [5, 5.41) is 3.31. The molecular weight excluding hydrogens is 444 g/mol. The third-order valence-corrected chi connectivity index (χ3v) is 5.73. The number of hydrogen-bond donors (Lipinski definition) is 1. The van der Waals surface area contributed by atoms with Gasteiger partial charge in [-0.25, -0.2) is 9.59 Å². The maximum absolute atomic E-state index is 12.7. The second-order valence-corrected chi connectivity index (χ2v) is 8.28. The largest absolute Gasteiger partial charge is 0.445 e. The number of rotatable bonds is 5. The van der Waals surface area contributed by atoms with Gasteiger partial charge in [-0.15, -0.1) is 6.42 Å². The first-order valence-electron chi connectivity index (χ1n) is 11.9. The molecule has 8 heteroatoms. The van der Waals surface area contributed by atoms with Gasteiger partial charge in [-0.05, 0) is 11.1 Å². The highest BCUT2D eigenvalue weighted by molar-refractivity contribution is 5.68. The molecule has 1 heterocycles. The van der Waals surface area contributed by atoms with Gasteiger partial charge in [0.15, 0.2) is 0 Å². The Morgan fingerprint density at radius 3 is 1.63 bits per heavy atom. The molecule has 1 aliphatic heterocycles. The van der Waals surface area contributed by atoms with Crippen molar-refractivity contribution in [3.63, 3.8) is 0 Å². The van der Waals surface area contributed by atoms with Gasteiger partial charge in [-0.2, -0.15) is 0 Å². The molecule has 3 rings (SSSR count). The fourth-order valence-electron chi connectivity index (χ4n) is 3.69. The van der Waals surface area contributed by atoms with Gasteiger partial charge in [-0.3, -0.25) is 4.90 Å². The number of carbonyl (C=O) groups is 2. The molecule has 0 aliphatic carbocycles. The minimum atomic E-state index is -0.348. The zero-order valence-electron chi connectivity index (χ0n) is 20.1. The molecule has 2 amide bonds. The number of benzene rings is 2. The molecule has 0 atom stereocenters. The van der Waals surface area contributed by atoms with Crippen LogP contribution in [0.1, 0.15) is 11.1 Å². The second-order valence-electron chi connectivity index (χ2n) is 8.28.